The average Bonchev–Trinajstić information content (AvgIpc) is 3.40. The Balaban J connectivity index is 1.45. The second kappa shape index (κ2) is 9.67. The number of rotatable bonds is 6. The first-order valence-electron chi connectivity index (χ1n) is 10.1. The zero-order valence-corrected chi connectivity index (χ0v) is 19.2. The second-order valence-electron chi connectivity index (χ2n) is 7.26. The molecule has 0 bridgehead atoms. The number of carbonyl (C=O) groups excluding carboxylic acids is 2. The molecule has 2 N–H and O–H groups in total. The quantitative estimate of drug-likeness (QED) is 0.400. The highest BCUT2D eigenvalue weighted by Gasteiger charge is 2.20. The number of hydrogen-bond acceptors (Lipinski definition) is 8. The number of pyridine rings is 2. The molecule has 2 amide bonds. The van der Waals surface area contributed by atoms with Crippen LogP contribution in [0.3, 0.4) is 0 Å². The minimum atomic E-state index is -0.723. The number of amides is 2. The van der Waals surface area contributed by atoms with E-state index in [0.29, 0.717) is 28.2 Å². The van der Waals surface area contributed by atoms with Crippen LogP contribution in [0, 0.1) is 0 Å². The predicted molar refractivity (Wildman–Crippen MR) is 123 cm³/mol. The summed E-state index contributed by atoms with van der Waals surface area (Å²) in [5, 5.41) is 17.7. The van der Waals surface area contributed by atoms with E-state index in [4.69, 9.17) is 16.3 Å². The van der Waals surface area contributed by atoms with Crippen molar-refractivity contribution in [1.82, 2.24) is 34.7 Å². The van der Waals surface area contributed by atoms with Crippen LogP contribution in [0.5, 0.6) is 0 Å². The number of aromatic nitrogens is 7. The summed E-state index contributed by atoms with van der Waals surface area (Å²) in [5.74, 6) is -0.0239. The molecular weight excluding hydrogens is 462 g/mol. The Morgan fingerprint density at radius 1 is 1.12 bits per heavy atom. The van der Waals surface area contributed by atoms with Crippen molar-refractivity contribution in [3.8, 4) is 11.4 Å². The van der Waals surface area contributed by atoms with Crippen LogP contribution >= 0.6 is 11.6 Å². The first kappa shape index (κ1) is 22.9. The van der Waals surface area contributed by atoms with Crippen molar-refractivity contribution >= 4 is 35.1 Å². The van der Waals surface area contributed by atoms with E-state index in [9.17, 15) is 9.59 Å². The van der Waals surface area contributed by atoms with Gasteiger partial charge in [0.2, 0.25) is 0 Å². The first-order valence-corrected chi connectivity index (χ1v) is 10.4. The van der Waals surface area contributed by atoms with Gasteiger partial charge in [0.25, 0.3) is 5.91 Å². The van der Waals surface area contributed by atoms with Gasteiger partial charge in [-0.3, -0.25) is 19.8 Å². The fourth-order valence-electron chi connectivity index (χ4n) is 3.07. The summed E-state index contributed by atoms with van der Waals surface area (Å²) >= 11 is 6.07. The van der Waals surface area contributed by atoms with E-state index < -0.39 is 12.2 Å². The summed E-state index contributed by atoms with van der Waals surface area (Å²) < 4.78 is 8.35. The molecule has 0 aliphatic heterocycles. The van der Waals surface area contributed by atoms with E-state index >= 15 is 0 Å². The van der Waals surface area contributed by atoms with E-state index in [1.54, 1.807) is 57.7 Å². The predicted octanol–water partition coefficient (Wildman–Crippen LogP) is 3.22. The number of ether oxygens (including phenoxy) is 1. The standard InChI is InChI=1S/C21H20ClN9O3/c1-12(15-5-4-8-23-18(15)22)34-21(33)27-19-17(28-29-31(19)3)16-7-6-14(10-24-16)26-20(32)13-9-25-30(2)11-13/h4-12H,1-3H3,(H,26,32)(H,27,33)/t12-/m1/s1. The van der Waals surface area contributed by atoms with Gasteiger partial charge in [0.15, 0.2) is 11.5 Å². The lowest BCUT2D eigenvalue weighted by molar-refractivity contribution is 0.102. The van der Waals surface area contributed by atoms with E-state index in [1.165, 1.54) is 21.8 Å². The molecule has 0 aliphatic rings. The normalized spacial score (nSPS) is 11.6. The molecule has 0 aromatic carbocycles. The Kier molecular flexibility index (Phi) is 6.50. The van der Waals surface area contributed by atoms with Crippen molar-refractivity contribution < 1.29 is 14.3 Å². The third kappa shape index (κ3) is 5.02. The second-order valence-corrected chi connectivity index (χ2v) is 7.61. The van der Waals surface area contributed by atoms with E-state index in [1.807, 2.05) is 0 Å². The van der Waals surface area contributed by atoms with Gasteiger partial charge in [-0.25, -0.2) is 14.5 Å². The summed E-state index contributed by atoms with van der Waals surface area (Å²) in [6, 6.07) is 6.75. The molecule has 0 aliphatic carbocycles. The van der Waals surface area contributed by atoms with Crippen molar-refractivity contribution in [2.45, 2.75) is 13.0 Å². The molecule has 0 radical (unpaired) electrons. The van der Waals surface area contributed by atoms with Crippen LogP contribution in [0.4, 0.5) is 16.3 Å². The molecule has 0 unspecified atom stereocenters. The largest absolute Gasteiger partial charge is 0.441 e. The van der Waals surface area contributed by atoms with Gasteiger partial charge < -0.3 is 10.1 Å². The van der Waals surface area contributed by atoms with Gasteiger partial charge in [0, 0.05) is 32.1 Å². The topological polar surface area (TPSA) is 142 Å². The SMILES string of the molecule is C[C@@H](OC(=O)Nc1c(-c2ccc(NC(=O)c3cnn(C)c3)cn2)nnn1C)c1cccnc1Cl. The molecule has 34 heavy (non-hydrogen) atoms. The number of halogens is 1. The smallest absolute Gasteiger partial charge is 0.413 e. The van der Waals surface area contributed by atoms with E-state index in [2.05, 4.69) is 36.0 Å². The first-order chi connectivity index (χ1) is 16.3. The maximum Gasteiger partial charge on any atom is 0.413 e. The maximum absolute atomic E-state index is 12.5. The number of carbonyl (C=O) groups is 2. The molecule has 4 heterocycles. The highest BCUT2D eigenvalue weighted by Crippen LogP contribution is 2.26. The summed E-state index contributed by atoms with van der Waals surface area (Å²) in [5.41, 5.74) is 2.25. The highest BCUT2D eigenvalue weighted by molar-refractivity contribution is 6.30. The van der Waals surface area contributed by atoms with Crippen LogP contribution in [0.1, 0.15) is 28.9 Å². The number of hydrogen-bond donors (Lipinski definition) is 2. The molecule has 4 rings (SSSR count). The maximum atomic E-state index is 12.5. The van der Waals surface area contributed by atoms with Crippen molar-refractivity contribution in [3.05, 3.63) is 65.3 Å². The Labute approximate surface area is 198 Å². The molecule has 0 fully saturated rings. The monoisotopic (exact) mass is 481 g/mol. The van der Waals surface area contributed by atoms with Crippen molar-refractivity contribution in [1.29, 1.82) is 0 Å². The van der Waals surface area contributed by atoms with Crippen LogP contribution in [-0.2, 0) is 18.8 Å². The average molecular weight is 482 g/mol. The molecule has 13 heteroatoms. The molecule has 174 valence electrons. The molecule has 1 atom stereocenters. The zero-order valence-electron chi connectivity index (χ0n) is 18.4. The molecule has 4 aromatic heterocycles. The van der Waals surface area contributed by atoms with Crippen LogP contribution in [0.2, 0.25) is 5.15 Å². The number of nitrogens with one attached hydrogen (secondary N) is 2. The Morgan fingerprint density at radius 3 is 2.62 bits per heavy atom. The van der Waals surface area contributed by atoms with E-state index in [-0.39, 0.29) is 16.9 Å². The van der Waals surface area contributed by atoms with Crippen LogP contribution in [0.15, 0.2) is 49.1 Å². The van der Waals surface area contributed by atoms with Gasteiger partial charge in [0.1, 0.15) is 11.3 Å². The lowest BCUT2D eigenvalue weighted by atomic mass is 10.2. The van der Waals surface area contributed by atoms with Crippen LogP contribution in [0.25, 0.3) is 11.4 Å². The van der Waals surface area contributed by atoms with Gasteiger partial charge in [-0.05, 0) is 25.1 Å². The molecule has 4 aromatic rings. The minimum absolute atomic E-state index is 0.255. The summed E-state index contributed by atoms with van der Waals surface area (Å²) in [6.07, 6.45) is 4.75. The fraction of sp³-hybridized carbons (Fsp3) is 0.190. The number of aryl methyl sites for hydroxylation is 2. The molecule has 0 spiro atoms. The van der Waals surface area contributed by atoms with Crippen molar-refractivity contribution in [2.75, 3.05) is 10.6 Å². The van der Waals surface area contributed by atoms with Gasteiger partial charge in [-0.15, -0.1) is 5.10 Å². The Bertz CT molecular complexity index is 1330. The number of anilines is 2. The van der Waals surface area contributed by atoms with Gasteiger partial charge in [-0.1, -0.05) is 22.9 Å². The number of nitrogens with zero attached hydrogens (tertiary/aromatic N) is 7. The van der Waals surface area contributed by atoms with Crippen LogP contribution in [-0.4, -0.2) is 46.7 Å². The fourth-order valence-corrected chi connectivity index (χ4v) is 3.34. The summed E-state index contributed by atoms with van der Waals surface area (Å²) in [6.45, 7) is 1.69. The minimum Gasteiger partial charge on any atom is -0.441 e. The molecular formula is C21H20ClN9O3. The van der Waals surface area contributed by atoms with Crippen molar-refractivity contribution in [2.24, 2.45) is 14.1 Å². The molecule has 12 nitrogen and oxygen atoms in total. The van der Waals surface area contributed by atoms with Gasteiger partial charge in [0.05, 0.1) is 29.3 Å². The van der Waals surface area contributed by atoms with Crippen molar-refractivity contribution in [3.63, 3.8) is 0 Å². The zero-order chi connectivity index (χ0) is 24.2. The Morgan fingerprint density at radius 2 is 1.94 bits per heavy atom. The lowest BCUT2D eigenvalue weighted by Gasteiger charge is -2.15. The van der Waals surface area contributed by atoms with E-state index in [0.717, 1.165) is 0 Å². The summed E-state index contributed by atoms with van der Waals surface area (Å²) in [7, 11) is 3.35. The van der Waals surface area contributed by atoms with Crippen LogP contribution < -0.4 is 10.6 Å². The Hall–Kier alpha value is -4.32. The highest BCUT2D eigenvalue weighted by atomic mass is 35.5. The van der Waals surface area contributed by atoms with Gasteiger partial charge in [-0.2, -0.15) is 5.10 Å². The molecule has 0 saturated carbocycles. The lowest BCUT2D eigenvalue weighted by Crippen LogP contribution is -2.18. The third-order valence-electron chi connectivity index (χ3n) is 4.79. The third-order valence-corrected chi connectivity index (χ3v) is 5.10. The molecule has 0 saturated heterocycles. The summed E-state index contributed by atoms with van der Waals surface area (Å²) in [4.78, 5) is 33.1. The van der Waals surface area contributed by atoms with Gasteiger partial charge >= 0.3 is 6.09 Å².